The monoisotopic (exact) mass is 335 g/mol. The number of morpholine rings is 1. The highest BCUT2D eigenvalue weighted by molar-refractivity contribution is 5.78. The zero-order valence-electron chi connectivity index (χ0n) is 14.3. The van der Waals surface area contributed by atoms with Gasteiger partial charge in [0.25, 0.3) is 0 Å². The first kappa shape index (κ1) is 17.3. The van der Waals surface area contributed by atoms with E-state index in [2.05, 4.69) is 16.7 Å². The molecule has 1 atom stereocenters. The first-order chi connectivity index (χ1) is 11.6. The minimum Gasteiger partial charge on any atom is -0.378 e. The van der Waals surface area contributed by atoms with Crippen molar-refractivity contribution in [3.63, 3.8) is 0 Å². The maximum atomic E-state index is 13.1. The second-order valence-corrected chi connectivity index (χ2v) is 6.53. The molecule has 3 rings (SSSR count). The minimum atomic E-state index is -0.197. The SMILES string of the molecule is CC(c1ccc(F)cc1)N1CCN(CC(=O)N2CCOCC2)CC1. The molecule has 0 bridgehead atoms. The molecule has 0 spiro atoms. The largest absolute Gasteiger partial charge is 0.378 e. The van der Waals surface area contributed by atoms with E-state index in [0.717, 1.165) is 31.7 Å². The first-order valence-corrected chi connectivity index (χ1v) is 8.71. The Bertz CT molecular complexity index is 538. The van der Waals surface area contributed by atoms with Gasteiger partial charge in [-0.15, -0.1) is 0 Å². The number of ether oxygens (including phenoxy) is 1. The maximum Gasteiger partial charge on any atom is 0.236 e. The lowest BCUT2D eigenvalue weighted by atomic mass is 10.1. The molecule has 1 aromatic rings. The zero-order valence-corrected chi connectivity index (χ0v) is 14.3. The van der Waals surface area contributed by atoms with Gasteiger partial charge in [-0.25, -0.2) is 4.39 Å². The standard InChI is InChI=1S/C18H26FN3O2/c1-15(16-2-4-17(19)5-3-16)21-8-6-20(7-9-21)14-18(23)22-10-12-24-13-11-22/h2-5,15H,6-14H2,1H3. The Morgan fingerprint density at radius 3 is 2.33 bits per heavy atom. The number of halogens is 1. The van der Waals surface area contributed by atoms with Crippen LogP contribution in [0, 0.1) is 5.82 Å². The first-order valence-electron chi connectivity index (χ1n) is 8.71. The summed E-state index contributed by atoms with van der Waals surface area (Å²) >= 11 is 0. The van der Waals surface area contributed by atoms with Crippen molar-refractivity contribution >= 4 is 5.91 Å². The Morgan fingerprint density at radius 2 is 1.71 bits per heavy atom. The minimum absolute atomic E-state index is 0.197. The van der Waals surface area contributed by atoms with Crippen LogP contribution in [-0.2, 0) is 9.53 Å². The van der Waals surface area contributed by atoms with E-state index in [1.807, 2.05) is 17.0 Å². The smallest absolute Gasteiger partial charge is 0.236 e. The van der Waals surface area contributed by atoms with Crippen LogP contribution < -0.4 is 0 Å². The van der Waals surface area contributed by atoms with Crippen LogP contribution in [0.2, 0.25) is 0 Å². The van der Waals surface area contributed by atoms with Gasteiger partial charge in [-0.1, -0.05) is 12.1 Å². The molecule has 2 fully saturated rings. The highest BCUT2D eigenvalue weighted by Crippen LogP contribution is 2.21. The molecule has 0 radical (unpaired) electrons. The average Bonchev–Trinajstić information content (AvgIpc) is 2.63. The number of carbonyl (C=O) groups is 1. The summed E-state index contributed by atoms with van der Waals surface area (Å²) in [5, 5.41) is 0. The summed E-state index contributed by atoms with van der Waals surface area (Å²) in [5.41, 5.74) is 1.13. The Kier molecular flexibility index (Phi) is 5.81. The molecule has 1 unspecified atom stereocenters. The molecule has 6 heteroatoms. The van der Waals surface area contributed by atoms with Crippen molar-refractivity contribution in [2.45, 2.75) is 13.0 Å². The molecule has 1 aromatic carbocycles. The molecule has 24 heavy (non-hydrogen) atoms. The van der Waals surface area contributed by atoms with Crippen LogP contribution in [0.5, 0.6) is 0 Å². The third-order valence-electron chi connectivity index (χ3n) is 5.03. The molecule has 132 valence electrons. The fourth-order valence-electron chi connectivity index (χ4n) is 3.36. The fraction of sp³-hybridized carbons (Fsp3) is 0.611. The van der Waals surface area contributed by atoms with Gasteiger partial charge >= 0.3 is 0 Å². The number of amides is 1. The topological polar surface area (TPSA) is 36.0 Å². The van der Waals surface area contributed by atoms with Crippen molar-refractivity contribution in [1.29, 1.82) is 0 Å². The van der Waals surface area contributed by atoms with Gasteiger partial charge in [0.15, 0.2) is 0 Å². The van der Waals surface area contributed by atoms with Crippen molar-refractivity contribution in [3.8, 4) is 0 Å². The molecule has 2 aliphatic heterocycles. The molecular weight excluding hydrogens is 309 g/mol. The van der Waals surface area contributed by atoms with E-state index < -0.39 is 0 Å². The molecule has 0 aliphatic carbocycles. The average molecular weight is 335 g/mol. The lowest BCUT2D eigenvalue weighted by Gasteiger charge is -2.38. The molecule has 0 N–H and O–H groups in total. The summed E-state index contributed by atoms with van der Waals surface area (Å²) in [6.45, 7) is 9.00. The molecule has 2 saturated heterocycles. The molecule has 1 amide bonds. The van der Waals surface area contributed by atoms with Crippen LogP contribution in [-0.4, -0.2) is 79.6 Å². The van der Waals surface area contributed by atoms with Gasteiger partial charge in [-0.3, -0.25) is 14.6 Å². The molecule has 5 nitrogen and oxygen atoms in total. The summed E-state index contributed by atoms with van der Waals surface area (Å²) in [7, 11) is 0. The number of rotatable bonds is 4. The number of hydrogen-bond donors (Lipinski definition) is 0. The van der Waals surface area contributed by atoms with Gasteiger partial charge in [-0.2, -0.15) is 0 Å². The molecule has 0 saturated carbocycles. The summed E-state index contributed by atoms with van der Waals surface area (Å²) in [5.74, 6) is 0.00993. The lowest BCUT2D eigenvalue weighted by molar-refractivity contribution is -0.137. The van der Waals surface area contributed by atoms with Crippen LogP contribution in [0.15, 0.2) is 24.3 Å². The van der Waals surface area contributed by atoms with Gasteiger partial charge in [0.2, 0.25) is 5.91 Å². The van der Waals surface area contributed by atoms with Crippen LogP contribution in [0.1, 0.15) is 18.5 Å². The number of nitrogens with zero attached hydrogens (tertiary/aromatic N) is 3. The second-order valence-electron chi connectivity index (χ2n) is 6.53. The van der Waals surface area contributed by atoms with Crippen molar-refractivity contribution in [2.24, 2.45) is 0 Å². The zero-order chi connectivity index (χ0) is 16.9. The number of benzene rings is 1. The van der Waals surface area contributed by atoms with Crippen LogP contribution in [0.25, 0.3) is 0 Å². The van der Waals surface area contributed by atoms with E-state index in [0.29, 0.717) is 32.8 Å². The Morgan fingerprint density at radius 1 is 1.08 bits per heavy atom. The lowest BCUT2D eigenvalue weighted by Crippen LogP contribution is -2.51. The van der Waals surface area contributed by atoms with Crippen molar-refractivity contribution in [2.75, 3.05) is 59.0 Å². The van der Waals surface area contributed by atoms with E-state index >= 15 is 0 Å². The van der Waals surface area contributed by atoms with Gasteiger partial charge in [-0.05, 0) is 24.6 Å². The van der Waals surface area contributed by atoms with Crippen molar-refractivity contribution in [3.05, 3.63) is 35.6 Å². The van der Waals surface area contributed by atoms with Gasteiger partial charge in [0.05, 0.1) is 19.8 Å². The summed E-state index contributed by atoms with van der Waals surface area (Å²) in [4.78, 5) is 18.8. The van der Waals surface area contributed by atoms with Crippen molar-refractivity contribution in [1.82, 2.24) is 14.7 Å². The molecule has 0 aromatic heterocycles. The quantitative estimate of drug-likeness (QED) is 0.833. The highest BCUT2D eigenvalue weighted by Gasteiger charge is 2.25. The number of carbonyl (C=O) groups excluding carboxylic acids is 1. The van der Waals surface area contributed by atoms with E-state index in [9.17, 15) is 9.18 Å². The predicted molar refractivity (Wildman–Crippen MR) is 90.2 cm³/mol. The van der Waals surface area contributed by atoms with E-state index in [1.54, 1.807) is 0 Å². The van der Waals surface area contributed by atoms with Gasteiger partial charge in [0.1, 0.15) is 5.82 Å². The van der Waals surface area contributed by atoms with Crippen LogP contribution >= 0.6 is 0 Å². The third-order valence-corrected chi connectivity index (χ3v) is 5.03. The normalized spacial score (nSPS) is 21.7. The highest BCUT2D eigenvalue weighted by atomic mass is 19.1. The fourth-order valence-corrected chi connectivity index (χ4v) is 3.36. The molecule has 2 heterocycles. The summed E-state index contributed by atoms with van der Waals surface area (Å²) in [6, 6.07) is 7.01. The van der Waals surface area contributed by atoms with Crippen LogP contribution in [0.4, 0.5) is 4.39 Å². The second kappa shape index (κ2) is 8.05. The molecule has 2 aliphatic rings. The van der Waals surface area contributed by atoms with Gasteiger partial charge < -0.3 is 9.64 Å². The Labute approximate surface area is 143 Å². The Balaban J connectivity index is 1.46. The maximum absolute atomic E-state index is 13.1. The van der Waals surface area contributed by atoms with E-state index in [1.165, 1.54) is 12.1 Å². The third kappa shape index (κ3) is 4.32. The Hall–Kier alpha value is -1.50. The number of piperazine rings is 1. The van der Waals surface area contributed by atoms with Crippen molar-refractivity contribution < 1.29 is 13.9 Å². The summed E-state index contributed by atoms with van der Waals surface area (Å²) < 4.78 is 18.3. The van der Waals surface area contributed by atoms with Gasteiger partial charge in [0, 0.05) is 45.3 Å². The van der Waals surface area contributed by atoms with Crippen LogP contribution in [0.3, 0.4) is 0 Å². The summed E-state index contributed by atoms with van der Waals surface area (Å²) in [6.07, 6.45) is 0. The predicted octanol–water partition coefficient (Wildman–Crippen LogP) is 1.36. The number of hydrogen-bond acceptors (Lipinski definition) is 4. The van der Waals surface area contributed by atoms with E-state index in [4.69, 9.17) is 4.74 Å². The van der Waals surface area contributed by atoms with E-state index in [-0.39, 0.29) is 17.8 Å². The molecular formula is C18H26FN3O2.